The van der Waals surface area contributed by atoms with Crippen LogP contribution in [0.4, 0.5) is 8.78 Å². The van der Waals surface area contributed by atoms with Crippen LogP contribution in [0.25, 0.3) is 0 Å². The van der Waals surface area contributed by atoms with Crippen molar-refractivity contribution >= 4 is 11.8 Å². The van der Waals surface area contributed by atoms with Crippen LogP contribution in [-0.2, 0) is 16.0 Å². The van der Waals surface area contributed by atoms with E-state index < -0.39 is 18.2 Å². The quantitative estimate of drug-likeness (QED) is 0.884. The smallest absolute Gasteiger partial charge is 0.387 e. The van der Waals surface area contributed by atoms with Crippen LogP contribution in [0.2, 0.25) is 0 Å². The Labute approximate surface area is 138 Å². The normalized spacial score (nSPS) is 23.0. The molecule has 1 saturated carbocycles. The Hall–Kier alpha value is -2.18. The van der Waals surface area contributed by atoms with Crippen molar-refractivity contribution in [3.8, 4) is 5.75 Å². The number of rotatable bonds is 4. The summed E-state index contributed by atoms with van der Waals surface area (Å²) in [5.41, 5.74) is 0.0116. The van der Waals surface area contributed by atoms with Crippen molar-refractivity contribution < 1.29 is 23.1 Å². The lowest BCUT2D eigenvalue weighted by molar-refractivity contribution is -0.143. The minimum absolute atomic E-state index is 0.0621. The number of amides is 2. The standard InChI is InChI=1S/C17H20F2N2O3/c18-16(19)24-12-6-4-11(5-7-12)10-13-14(22)21-17(15(23)20-13)8-2-1-3-9-17/h4-7,13,16H,1-3,8-10H2,(H,20,23)(H,21,22). The summed E-state index contributed by atoms with van der Waals surface area (Å²) >= 11 is 0. The van der Waals surface area contributed by atoms with Gasteiger partial charge in [0.25, 0.3) is 0 Å². The van der Waals surface area contributed by atoms with E-state index in [0.717, 1.165) is 24.8 Å². The van der Waals surface area contributed by atoms with Gasteiger partial charge in [-0.2, -0.15) is 8.78 Å². The van der Waals surface area contributed by atoms with Gasteiger partial charge in [0.1, 0.15) is 17.3 Å². The molecular formula is C17H20F2N2O3. The van der Waals surface area contributed by atoms with E-state index in [9.17, 15) is 18.4 Å². The van der Waals surface area contributed by atoms with E-state index in [1.807, 2.05) is 0 Å². The number of nitrogens with one attached hydrogen (secondary N) is 2. The van der Waals surface area contributed by atoms with Gasteiger partial charge >= 0.3 is 6.61 Å². The molecule has 130 valence electrons. The summed E-state index contributed by atoms with van der Waals surface area (Å²) in [5, 5.41) is 5.73. The average Bonchev–Trinajstić information content (AvgIpc) is 2.55. The molecule has 1 atom stereocenters. The Kier molecular flexibility index (Phi) is 4.69. The molecule has 2 fully saturated rings. The van der Waals surface area contributed by atoms with Crippen LogP contribution in [0.15, 0.2) is 24.3 Å². The van der Waals surface area contributed by atoms with Crippen LogP contribution in [0.3, 0.4) is 0 Å². The van der Waals surface area contributed by atoms with Gasteiger partial charge in [-0.15, -0.1) is 0 Å². The summed E-state index contributed by atoms with van der Waals surface area (Å²) in [7, 11) is 0. The molecule has 0 bridgehead atoms. The van der Waals surface area contributed by atoms with Crippen LogP contribution in [0, 0.1) is 0 Å². The molecule has 0 aromatic heterocycles. The minimum Gasteiger partial charge on any atom is -0.435 e. The maximum atomic E-state index is 12.5. The fraction of sp³-hybridized carbons (Fsp3) is 0.529. The number of carbonyl (C=O) groups is 2. The van der Waals surface area contributed by atoms with Crippen LogP contribution in [0.1, 0.15) is 37.7 Å². The van der Waals surface area contributed by atoms with Gasteiger partial charge in [0.15, 0.2) is 0 Å². The average molecular weight is 338 g/mol. The van der Waals surface area contributed by atoms with Crippen molar-refractivity contribution in [2.75, 3.05) is 0 Å². The maximum absolute atomic E-state index is 12.5. The molecule has 1 aliphatic carbocycles. The van der Waals surface area contributed by atoms with E-state index in [2.05, 4.69) is 15.4 Å². The first-order valence-corrected chi connectivity index (χ1v) is 8.15. The first-order valence-electron chi connectivity index (χ1n) is 8.15. The van der Waals surface area contributed by atoms with Crippen LogP contribution in [-0.4, -0.2) is 30.0 Å². The predicted molar refractivity (Wildman–Crippen MR) is 82.7 cm³/mol. The molecule has 7 heteroatoms. The zero-order valence-corrected chi connectivity index (χ0v) is 13.2. The van der Waals surface area contributed by atoms with Crippen molar-refractivity contribution in [1.29, 1.82) is 0 Å². The summed E-state index contributed by atoms with van der Waals surface area (Å²) < 4.78 is 28.6. The highest BCUT2D eigenvalue weighted by Crippen LogP contribution is 2.30. The van der Waals surface area contributed by atoms with Gasteiger partial charge in [0, 0.05) is 6.42 Å². The highest BCUT2D eigenvalue weighted by molar-refractivity contribution is 6.00. The second-order valence-electron chi connectivity index (χ2n) is 6.38. The first-order chi connectivity index (χ1) is 11.5. The molecule has 24 heavy (non-hydrogen) atoms. The SMILES string of the molecule is O=C1NC2(CCCCC2)C(=O)NC1Cc1ccc(OC(F)F)cc1. The second kappa shape index (κ2) is 6.75. The molecule has 2 N–H and O–H groups in total. The molecule has 0 radical (unpaired) electrons. The molecule has 1 aromatic carbocycles. The third-order valence-electron chi connectivity index (χ3n) is 4.71. The number of halogens is 2. The zero-order valence-electron chi connectivity index (χ0n) is 13.2. The molecule has 1 aliphatic heterocycles. The highest BCUT2D eigenvalue weighted by atomic mass is 19.3. The fourth-order valence-corrected chi connectivity index (χ4v) is 3.44. The van der Waals surface area contributed by atoms with Crippen LogP contribution < -0.4 is 15.4 Å². The van der Waals surface area contributed by atoms with Gasteiger partial charge in [-0.1, -0.05) is 31.4 Å². The monoisotopic (exact) mass is 338 g/mol. The lowest BCUT2D eigenvalue weighted by atomic mass is 9.79. The van der Waals surface area contributed by atoms with Crippen LogP contribution >= 0.6 is 0 Å². The molecule has 3 rings (SSSR count). The number of ether oxygens (including phenoxy) is 1. The summed E-state index contributed by atoms with van der Waals surface area (Å²) in [4.78, 5) is 24.8. The number of carbonyl (C=O) groups excluding carboxylic acids is 2. The molecule has 1 aromatic rings. The van der Waals surface area contributed by atoms with E-state index in [-0.39, 0.29) is 17.6 Å². The molecular weight excluding hydrogens is 318 g/mol. The highest BCUT2D eigenvalue weighted by Gasteiger charge is 2.46. The van der Waals surface area contributed by atoms with Gasteiger partial charge in [-0.05, 0) is 30.5 Å². The van der Waals surface area contributed by atoms with E-state index in [1.54, 1.807) is 12.1 Å². The van der Waals surface area contributed by atoms with E-state index in [0.29, 0.717) is 19.3 Å². The van der Waals surface area contributed by atoms with E-state index in [1.165, 1.54) is 12.1 Å². The Morgan fingerprint density at radius 1 is 1.12 bits per heavy atom. The number of hydrogen-bond acceptors (Lipinski definition) is 3. The van der Waals surface area contributed by atoms with Crippen molar-refractivity contribution in [3.63, 3.8) is 0 Å². The Bertz CT molecular complexity index is 613. The minimum atomic E-state index is -2.87. The summed E-state index contributed by atoms with van der Waals surface area (Å²) in [6.07, 6.45) is 4.62. The molecule has 1 saturated heterocycles. The Morgan fingerprint density at radius 3 is 2.42 bits per heavy atom. The van der Waals surface area contributed by atoms with Crippen molar-refractivity contribution in [3.05, 3.63) is 29.8 Å². The van der Waals surface area contributed by atoms with E-state index in [4.69, 9.17) is 0 Å². The van der Waals surface area contributed by atoms with Gasteiger partial charge in [0.05, 0.1) is 0 Å². The largest absolute Gasteiger partial charge is 0.435 e. The van der Waals surface area contributed by atoms with Crippen LogP contribution in [0.5, 0.6) is 5.75 Å². The lowest BCUT2D eigenvalue weighted by Gasteiger charge is -2.42. The molecule has 1 spiro atoms. The maximum Gasteiger partial charge on any atom is 0.387 e. The second-order valence-corrected chi connectivity index (χ2v) is 6.38. The lowest BCUT2D eigenvalue weighted by Crippen LogP contribution is -2.70. The Balaban J connectivity index is 1.64. The van der Waals surface area contributed by atoms with Crippen molar-refractivity contribution in [1.82, 2.24) is 10.6 Å². The predicted octanol–water partition coefficient (Wildman–Crippen LogP) is 2.15. The van der Waals surface area contributed by atoms with Gasteiger partial charge < -0.3 is 15.4 Å². The fourth-order valence-electron chi connectivity index (χ4n) is 3.44. The number of hydrogen-bond donors (Lipinski definition) is 2. The topological polar surface area (TPSA) is 67.4 Å². The summed E-state index contributed by atoms with van der Waals surface area (Å²) in [5.74, 6) is -0.249. The Morgan fingerprint density at radius 2 is 1.79 bits per heavy atom. The van der Waals surface area contributed by atoms with Crippen molar-refractivity contribution in [2.45, 2.75) is 56.7 Å². The summed E-state index contributed by atoms with van der Waals surface area (Å²) in [6.45, 7) is -2.87. The molecule has 1 heterocycles. The molecule has 2 aliphatic rings. The zero-order chi connectivity index (χ0) is 17.2. The molecule has 5 nitrogen and oxygen atoms in total. The summed E-state index contributed by atoms with van der Waals surface area (Å²) in [6, 6.07) is 5.43. The third kappa shape index (κ3) is 3.49. The van der Waals surface area contributed by atoms with Gasteiger partial charge in [-0.3, -0.25) is 9.59 Å². The molecule has 2 amide bonds. The number of alkyl halides is 2. The molecule has 1 unspecified atom stereocenters. The third-order valence-corrected chi connectivity index (χ3v) is 4.71. The number of benzene rings is 1. The van der Waals surface area contributed by atoms with Crippen molar-refractivity contribution in [2.24, 2.45) is 0 Å². The first kappa shape index (κ1) is 16.7. The number of piperazine rings is 1. The van der Waals surface area contributed by atoms with Gasteiger partial charge in [-0.25, -0.2) is 0 Å². The van der Waals surface area contributed by atoms with E-state index >= 15 is 0 Å². The van der Waals surface area contributed by atoms with Gasteiger partial charge in [0.2, 0.25) is 11.8 Å².